The first-order chi connectivity index (χ1) is 19.3. The van der Waals surface area contributed by atoms with Gasteiger partial charge in [0.2, 0.25) is 5.91 Å². The average molecular weight is 575 g/mol. The number of ether oxygens (including phenoxy) is 1. The SMILES string of the molecule is C=CC(=O)N(C)c1cc(OC)cc(-c2cnc3c(c2)c(-c2cccc(C#N)c2)cn3COP(=O)(O)OC(C)(C)C)c1. The summed E-state index contributed by atoms with van der Waals surface area (Å²) in [5, 5.41) is 10.2. The summed E-state index contributed by atoms with van der Waals surface area (Å²) in [5.74, 6) is 0.276. The highest BCUT2D eigenvalue weighted by molar-refractivity contribution is 7.47. The fourth-order valence-electron chi connectivity index (χ4n) is 4.25. The second-order valence-electron chi connectivity index (χ2n) is 10.3. The highest BCUT2D eigenvalue weighted by Crippen LogP contribution is 2.48. The van der Waals surface area contributed by atoms with E-state index < -0.39 is 13.4 Å². The van der Waals surface area contributed by atoms with Crippen LogP contribution in [0.1, 0.15) is 26.3 Å². The second kappa shape index (κ2) is 11.7. The fraction of sp³-hybridized carbons (Fsp3) is 0.233. The Kier molecular flexibility index (Phi) is 8.47. The summed E-state index contributed by atoms with van der Waals surface area (Å²) in [6.07, 6.45) is 4.64. The predicted molar refractivity (Wildman–Crippen MR) is 157 cm³/mol. The third kappa shape index (κ3) is 6.91. The molecule has 0 aliphatic carbocycles. The van der Waals surface area contributed by atoms with E-state index in [0.717, 1.165) is 22.3 Å². The maximum absolute atomic E-state index is 12.6. The zero-order chi connectivity index (χ0) is 29.9. The second-order valence-corrected chi connectivity index (χ2v) is 11.6. The number of benzene rings is 2. The normalized spacial score (nSPS) is 12.9. The quantitative estimate of drug-likeness (QED) is 0.183. The lowest BCUT2D eigenvalue weighted by Gasteiger charge is -2.22. The Labute approximate surface area is 238 Å². The molecule has 1 N–H and O–H groups in total. The molecule has 1 atom stereocenters. The van der Waals surface area contributed by atoms with E-state index in [1.165, 1.54) is 11.0 Å². The van der Waals surface area contributed by atoms with Gasteiger partial charge < -0.3 is 19.1 Å². The Bertz CT molecular complexity index is 1720. The van der Waals surface area contributed by atoms with Crippen LogP contribution >= 0.6 is 7.82 Å². The van der Waals surface area contributed by atoms with Crippen LogP contribution in [0.5, 0.6) is 5.75 Å². The molecule has 0 bridgehead atoms. The highest BCUT2D eigenvalue weighted by Gasteiger charge is 2.29. The molecule has 41 heavy (non-hydrogen) atoms. The minimum Gasteiger partial charge on any atom is -0.497 e. The monoisotopic (exact) mass is 574 g/mol. The van der Waals surface area contributed by atoms with E-state index in [4.69, 9.17) is 13.8 Å². The Morgan fingerprint density at radius 1 is 1.20 bits per heavy atom. The fourth-order valence-corrected chi connectivity index (χ4v) is 5.26. The number of anilines is 1. The molecule has 4 aromatic rings. The van der Waals surface area contributed by atoms with E-state index in [1.807, 2.05) is 24.3 Å². The van der Waals surface area contributed by atoms with E-state index in [9.17, 15) is 19.5 Å². The van der Waals surface area contributed by atoms with Gasteiger partial charge in [-0.15, -0.1) is 0 Å². The number of phosphoric acid groups is 1. The number of carbonyl (C=O) groups excluding carboxylic acids is 1. The van der Waals surface area contributed by atoms with Crippen molar-refractivity contribution in [3.05, 3.63) is 79.1 Å². The van der Waals surface area contributed by atoms with Crippen molar-refractivity contribution >= 4 is 30.5 Å². The number of amides is 1. The van der Waals surface area contributed by atoms with Gasteiger partial charge in [0, 0.05) is 47.7 Å². The minimum atomic E-state index is -4.37. The lowest BCUT2D eigenvalue weighted by Crippen LogP contribution is -2.23. The van der Waals surface area contributed by atoms with E-state index >= 15 is 0 Å². The average Bonchev–Trinajstić information content (AvgIpc) is 3.31. The topological polar surface area (TPSA) is 127 Å². The highest BCUT2D eigenvalue weighted by atomic mass is 31.2. The molecule has 0 radical (unpaired) electrons. The summed E-state index contributed by atoms with van der Waals surface area (Å²) in [4.78, 5) is 28.6. The summed E-state index contributed by atoms with van der Waals surface area (Å²) in [7, 11) is -1.18. The van der Waals surface area contributed by atoms with Crippen LogP contribution in [0.3, 0.4) is 0 Å². The third-order valence-corrected chi connectivity index (χ3v) is 7.34. The molecule has 2 aromatic heterocycles. The van der Waals surface area contributed by atoms with Crippen LogP contribution in [0.2, 0.25) is 0 Å². The summed E-state index contributed by atoms with van der Waals surface area (Å²) >= 11 is 0. The predicted octanol–water partition coefficient (Wildman–Crippen LogP) is 6.29. The first kappa shape index (κ1) is 29.7. The van der Waals surface area contributed by atoms with Gasteiger partial charge in [0.15, 0.2) is 0 Å². The van der Waals surface area contributed by atoms with Crippen LogP contribution in [-0.2, 0) is 25.1 Å². The number of methoxy groups -OCH3 is 1. The molecule has 1 unspecified atom stereocenters. The van der Waals surface area contributed by atoms with Crippen molar-refractivity contribution < 1.29 is 28.0 Å². The van der Waals surface area contributed by atoms with Gasteiger partial charge in [0.1, 0.15) is 18.1 Å². The number of carbonyl (C=O) groups is 1. The number of likely N-dealkylation sites (N-methyl/N-ethyl adjacent to an activating group) is 1. The smallest absolute Gasteiger partial charge is 0.474 e. The van der Waals surface area contributed by atoms with Crippen molar-refractivity contribution in [3.63, 3.8) is 0 Å². The number of nitriles is 1. The molecule has 10 nitrogen and oxygen atoms in total. The number of pyridine rings is 1. The van der Waals surface area contributed by atoms with Crippen LogP contribution in [0.4, 0.5) is 5.69 Å². The molecule has 0 aliphatic rings. The molecule has 0 aliphatic heterocycles. The van der Waals surface area contributed by atoms with E-state index in [1.54, 1.807) is 76.2 Å². The largest absolute Gasteiger partial charge is 0.497 e. The Morgan fingerprint density at radius 2 is 1.95 bits per heavy atom. The number of nitrogens with zero attached hydrogens (tertiary/aromatic N) is 4. The number of aromatic nitrogens is 2. The summed E-state index contributed by atoms with van der Waals surface area (Å²) in [6, 6.07) is 16.6. The maximum Gasteiger partial charge on any atom is 0.474 e. The first-order valence-corrected chi connectivity index (χ1v) is 14.1. The molecule has 0 spiro atoms. The van der Waals surface area contributed by atoms with Crippen molar-refractivity contribution in [2.75, 3.05) is 19.1 Å². The molecule has 0 saturated heterocycles. The molecule has 2 aromatic carbocycles. The summed E-state index contributed by atoms with van der Waals surface area (Å²) < 4.78 is 30.2. The van der Waals surface area contributed by atoms with Crippen LogP contribution in [0.15, 0.2) is 73.6 Å². The Balaban J connectivity index is 1.85. The molecule has 4 rings (SSSR count). The molecule has 1 amide bonds. The van der Waals surface area contributed by atoms with E-state index in [-0.39, 0.29) is 12.6 Å². The summed E-state index contributed by atoms with van der Waals surface area (Å²) in [5.41, 5.74) is 3.66. The zero-order valence-corrected chi connectivity index (χ0v) is 24.4. The zero-order valence-electron chi connectivity index (χ0n) is 23.5. The van der Waals surface area contributed by atoms with Gasteiger partial charge in [-0.2, -0.15) is 5.26 Å². The number of fused-ring (bicyclic) bond motifs is 1. The van der Waals surface area contributed by atoms with Crippen molar-refractivity contribution in [1.29, 1.82) is 5.26 Å². The number of phosphoric ester groups is 1. The molecule has 212 valence electrons. The summed E-state index contributed by atoms with van der Waals surface area (Å²) in [6.45, 7) is 8.22. The van der Waals surface area contributed by atoms with Gasteiger partial charge in [0.05, 0.1) is 24.3 Å². The van der Waals surface area contributed by atoms with E-state index in [2.05, 4.69) is 17.6 Å². The van der Waals surface area contributed by atoms with Gasteiger partial charge in [-0.3, -0.25) is 13.8 Å². The van der Waals surface area contributed by atoms with Crippen molar-refractivity contribution in [1.82, 2.24) is 9.55 Å². The van der Waals surface area contributed by atoms with Crippen LogP contribution in [0.25, 0.3) is 33.3 Å². The van der Waals surface area contributed by atoms with Crippen molar-refractivity contribution in [2.24, 2.45) is 0 Å². The number of rotatable bonds is 9. The Hall–Kier alpha value is -4.26. The van der Waals surface area contributed by atoms with Crippen LogP contribution in [0, 0.1) is 11.3 Å². The molecular weight excluding hydrogens is 543 g/mol. The number of hydrogen-bond donors (Lipinski definition) is 1. The van der Waals surface area contributed by atoms with Gasteiger partial charge in [0.25, 0.3) is 0 Å². The molecular formula is C30H31N4O6P. The lowest BCUT2D eigenvalue weighted by atomic mass is 10.0. The van der Waals surface area contributed by atoms with Crippen molar-refractivity contribution in [2.45, 2.75) is 33.1 Å². The molecule has 2 heterocycles. The third-order valence-electron chi connectivity index (χ3n) is 6.12. The molecule has 0 saturated carbocycles. The van der Waals surface area contributed by atoms with Gasteiger partial charge in [-0.25, -0.2) is 9.55 Å². The van der Waals surface area contributed by atoms with Crippen LogP contribution < -0.4 is 9.64 Å². The van der Waals surface area contributed by atoms with Gasteiger partial charge in [-0.1, -0.05) is 18.7 Å². The van der Waals surface area contributed by atoms with Gasteiger partial charge >= 0.3 is 7.82 Å². The van der Waals surface area contributed by atoms with Gasteiger partial charge in [-0.05, 0) is 68.3 Å². The lowest BCUT2D eigenvalue weighted by molar-refractivity contribution is -0.113. The molecule has 0 fully saturated rings. The molecule has 11 heteroatoms. The van der Waals surface area contributed by atoms with E-state index in [0.29, 0.717) is 28.0 Å². The van der Waals surface area contributed by atoms with Crippen molar-refractivity contribution in [3.8, 4) is 34.1 Å². The minimum absolute atomic E-state index is 0.272. The Morgan fingerprint density at radius 3 is 2.61 bits per heavy atom. The first-order valence-electron chi connectivity index (χ1n) is 12.6. The maximum atomic E-state index is 12.6. The van der Waals surface area contributed by atoms with Crippen LogP contribution in [-0.4, -0.2) is 40.1 Å². The number of hydrogen-bond acceptors (Lipinski definition) is 7. The standard InChI is InChI=1S/C30H31N4O6P/c1-7-28(35)33(5)24-12-22(13-25(15-24)38-6)23-14-26-27(21-10-8-9-20(11-21)16-31)18-34(29(26)32-17-23)19-39-41(36,37)40-30(2,3)4/h7-15,17-18H,1,19H2,2-6H3,(H,36,37).